The van der Waals surface area contributed by atoms with Gasteiger partial charge in [-0.2, -0.15) is 0 Å². The maximum Gasteiger partial charge on any atom is 0.192 e. The van der Waals surface area contributed by atoms with Gasteiger partial charge in [-0.15, -0.1) is 0 Å². The van der Waals surface area contributed by atoms with Crippen LogP contribution in [0.5, 0.6) is 0 Å². The molecule has 2 nitrogen and oxygen atoms in total. The highest BCUT2D eigenvalue weighted by molar-refractivity contribution is 6.10. The average molecular weight is 79.5 g/mol. The average Bonchev–Trinajstić information content (AvgIpc) is 1.37. The zero-order valence-electron chi connectivity index (χ0n) is 1.86. The summed E-state index contributed by atoms with van der Waals surface area (Å²) in [5, 5.41) is 5.97. The maximum absolute atomic E-state index is 5.97. The molecular weight excluding hydrogens is 77.5 g/mol. The molecule has 0 fully saturated rings. The van der Waals surface area contributed by atoms with Gasteiger partial charge in [0.05, 0.1) is 0 Å². The molecule has 0 saturated heterocycles. The van der Waals surface area contributed by atoms with E-state index in [1.165, 1.54) is 0 Å². The van der Waals surface area contributed by atoms with Gasteiger partial charge in [-0.05, 0) is 0 Å². The molecule has 0 aromatic carbocycles. The van der Waals surface area contributed by atoms with Crippen LogP contribution in [0.2, 0.25) is 0 Å². The summed E-state index contributed by atoms with van der Waals surface area (Å²) >= 11 is 4.44. The lowest BCUT2D eigenvalue weighted by Gasteiger charge is -1.63. The van der Waals surface area contributed by atoms with Crippen LogP contribution in [-0.4, -0.2) is 6.40 Å². The van der Waals surface area contributed by atoms with E-state index in [0.29, 0.717) is 6.40 Å². The molecule has 0 rings (SSSR count). The van der Waals surface area contributed by atoms with Crippen LogP contribution in [-0.2, 0) is 4.29 Å². The van der Waals surface area contributed by atoms with Crippen LogP contribution >= 0.6 is 11.9 Å². The van der Waals surface area contributed by atoms with Crippen molar-refractivity contribution in [3.63, 3.8) is 0 Å². The van der Waals surface area contributed by atoms with Gasteiger partial charge in [-0.1, -0.05) is 0 Å². The normalized spacial score (nSPS) is 5.25. The van der Waals surface area contributed by atoms with Crippen molar-refractivity contribution in [1.29, 1.82) is 5.41 Å². The van der Waals surface area contributed by atoms with Gasteiger partial charge in [0.25, 0.3) is 0 Å². The molecule has 0 aliphatic carbocycles. The maximum atomic E-state index is 5.97. The Morgan fingerprint density at radius 1 is 2.00 bits per heavy atom. The van der Waals surface area contributed by atoms with Crippen molar-refractivity contribution >= 4 is 18.3 Å². The van der Waals surface area contributed by atoms with Crippen LogP contribution in [0.25, 0.3) is 0 Å². The van der Waals surface area contributed by atoms with Crippen molar-refractivity contribution < 1.29 is 4.29 Å². The molecule has 0 aliphatic heterocycles. The molecule has 3 heteroatoms. The standard InChI is InChI=1S/CH2ClNO/c2-4-1-3/h1,3H. The van der Waals surface area contributed by atoms with Gasteiger partial charge in [0.2, 0.25) is 0 Å². The second-order valence-corrected chi connectivity index (χ2v) is 0.385. The quantitative estimate of drug-likeness (QED) is 0.365. The van der Waals surface area contributed by atoms with E-state index in [2.05, 4.69) is 16.2 Å². The van der Waals surface area contributed by atoms with E-state index in [0.717, 1.165) is 0 Å². The molecule has 0 atom stereocenters. The number of rotatable bonds is 1. The largest absolute Gasteiger partial charge is 0.374 e. The van der Waals surface area contributed by atoms with Gasteiger partial charge >= 0.3 is 0 Å². The van der Waals surface area contributed by atoms with E-state index in [4.69, 9.17) is 5.41 Å². The lowest BCUT2D eigenvalue weighted by atomic mass is 11.6. The zero-order chi connectivity index (χ0) is 3.41. The minimum atomic E-state index is 0.640. The van der Waals surface area contributed by atoms with Crippen molar-refractivity contribution in [2.75, 3.05) is 0 Å². The summed E-state index contributed by atoms with van der Waals surface area (Å²) in [6.07, 6.45) is 0.640. The highest BCUT2D eigenvalue weighted by atomic mass is 35.5. The van der Waals surface area contributed by atoms with Gasteiger partial charge in [-0.3, -0.25) is 5.41 Å². The van der Waals surface area contributed by atoms with E-state index in [9.17, 15) is 0 Å². The molecule has 0 amide bonds. The van der Waals surface area contributed by atoms with E-state index in [1.807, 2.05) is 0 Å². The van der Waals surface area contributed by atoms with Crippen LogP contribution in [0.4, 0.5) is 0 Å². The highest BCUT2D eigenvalue weighted by Gasteiger charge is 1.44. The van der Waals surface area contributed by atoms with Crippen LogP contribution < -0.4 is 0 Å². The lowest BCUT2D eigenvalue weighted by molar-refractivity contribution is 0.639. The molecule has 0 aromatic rings. The van der Waals surface area contributed by atoms with Crippen molar-refractivity contribution in [2.45, 2.75) is 0 Å². The molecule has 1 N–H and O–H groups in total. The molecule has 0 spiro atoms. The van der Waals surface area contributed by atoms with Crippen LogP contribution in [0, 0.1) is 5.41 Å². The SMILES string of the molecule is N=COCl. The number of hydrogen-bond acceptors (Lipinski definition) is 2. The number of halogens is 1. The van der Waals surface area contributed by atoms with Crippen molar-refractivity contribution in [3.8, 4) is 0 Å². The fourth-order valence-corrected chi connectivity index (χ4v) is 0. The molecule has 0 heterocycles. The summed E-state index contributed by atoms with van der Waals surface area (Å²) in [4.78, 5) is 0. The topological polar surface area (TPSA) is 33.1 Å². The first-order valence-electron chi connectivity index (χ1n) is 0.679. The monoisotopic (exact) mass is 79.0 g/mol. The summed E-state index contributed by atoms with van der Waals surface area (Å²) in [6.45, 7) is 0. The van der Waals surface area contributed by atoms with E-state index in [1.54, 1.807) is 0 Å². The summed E-state index contributed by atoms with van der Waals surface area (Å²) in [5.74, 6) is 0. The Morgan fingerprint density at radius 3 is 2.25 bits per heavy atom. The summed E-state index contributed by atoms with van der Waals surface area (Å²) in [6, 6.07) is 0. The second-order valence-electron chi connectivity index (χ2n) is 0.207. The Labute approximate surface area is 29.0 Å². The zero-order valence-corrected chi connectivity index (χ0v) is 2.62. The summed E-state index contributed by atoms with van der Waals surface area (Å²) < 4.78 is 3.56. The van der Waals surface area contributed by atoms with Gasteiger partial charge in [0.1, 0.15) is 11.9 Å². The van der Waals surface area contributed by atoms with Gasteiger partial charge < -0.3 is 4.29 Å². The second kappa shape index (κ2) is 2.76. The molecule has 4 heavy (non-hydrogen) atoms. The first-order chi connectivity index (χ1) is 1.91. The van der Waals surface area contributed by atoms with Crippen molar-refractivity contribution in [3.05, 3.63) is 0 Å². The molecule has 0 aliphatic rings. The van der Waals surface area contributed by atoms with E-state index in [-0.39, 0.29) is 0 Å². The van der Waals surface area contributed by atoms with Crippen molar-refractivity contribution in [2.24, 2.45) is 0 Å². The van der Waals surface area contributed by atoms with E-state index < -0.39 is 0 Å². The lowest BCUT2D eigenvalue weighted by Crippen LogP contribution is -1.55. The van der Waals surface area contributed by atoms with Gasteiger partial charge in [-0.25, -0.2) is 0 Å². The molecule has 0 radical (unpaired) electrons. The Balaban J connectivity index is 2.30. The molecule has 0 unspecified atom stereocenters. The first kappa shape index (κ1) is 3.76. The first-order valence-corrected chi connectivity index (χ1v) is 0.987. The molecular formula is CH2ClNO. The minimum absolute atomic E-state index is 0.640. The molecule has 0 aromatic heterocycles. The third-order valence-corrected chi connectivity index (χ3v) is 0.134. The van der Waals surface area contributed by atoms with Crippen LogP contribution in [0.3, 0.4) is 0 Å². The predicted octanol–water partition coefficient (Wildman–Crippen LogP) is 0.764. The Kier molecular flexibility index (Phi) is 2.59. The Bertz CT molecular complexity index is 22.0. The third-order valence-electron chi connectivity index (χ3n) is 0.0445. The highest BCUT2D eigenvalue weighted by Crippen LogP contribution is 1.63. The Hall–Kier alpha value is -0.240. The number of hydrogen-bond donors (Lipinski definition) is 1. The smallest absolute Gasteiger partial charge is 0.192 e. The molecule has 24 valence electrons. The van der Waals surface area contributed by atoms with Crippen molar-refractivity contribution in [1.82, 2.24) is 0 Å². The molecule has 0 saturated carbocycles. The predicted molar refractivity (Wildman–Crippen MR) is 15.7 cm³/mol. The van der Waals surface area contributed by atoms with Crippen LogP contribution in [0.15, 0.2) is 0 Å². The number of nitrogens with one attached hydrogen (secondary N) is 1. The fourth-order valence-electron chi connectivity index (χ4n) is 0. The fraction of sp³-hybridized carbons (Fsp3) is 0. The molecule has 0 bridgehead atoms. The van der Waals surface area contributed by atoms with Crippen LogP contribution in [0.1, 0.15) is 0 Å². The summed E-state index contributed by atoms with van der Waals surface area (Å²) in [5.41, 5.74) is 0. The minimum Gasteiger partial charge on any atom is -0.374 e. The third kappa shape index (κ3) is 1.76. The summed E-state index contributed by atoms with van der Waals surface area (Å²) in [7, 11) is 0. The van der Waals surface area contributed by atoms with E-state index >= 15 is 0 Å². The van der Waals surface area contributed by atoms with Gasteiger partial charge in [0, 0.05) is 0 Å². The van der Waals surface area contributed by atoms with Gasteiger partial charge in [0.15, 0.2) is 6.40 Å². The Morgan fingerprint density at radius 2 is 2.25 bits per heavy atom.